The topological polar surface area (TPSA) is 117 Å². The van der Waals surface area contributed by atoms with E-state index in [0.717, 1.165) is 6.07 Å². The minimum absolute atomic E-state index is 0.0560. The highest BCUT2D eigenvalue weighted by atomic mass is 32.1. The van der Waals surface area contributed by atoms with Gasteiger partial charge in [-0.2, -0.15) is 0 Å². The van der Waals surface area contributed by atoms with Crippen LogP contribution in [0.1, 0.15) is 22.8 Å². The Morgan fingerprint density at radius 3 is 2.85 bits per heavy atom. The number of hydrogen-bond donors (Lipinski definition) is 1. The molecule has 3 rings (SSSR count). The number of carbonyl (C=O) groups excluding carboxylic acids is 2. The van der Waals surface area contributed by atoms with Gasteiger partial charge in [-0.15, -0.1) is 0 Å². The lowest BCUT2D eigenvalue weighted by molar-refractivity contribution is -0.380. The van der Waals surface area contributed by atoms with Crippen LogP contribution in [0.2, 0.25) is 0 Å². The van der Waals surface area contributed by atoms with E-state index in [1.54, 1.807) is 31.2 Å². The van der Waals surface area contributed by atoms with Crippen molar-refractivity contribution in [2.45, 2.75) is 6.92 Å². The zero-order chi connectivity index (χ0) is 19.4. The van der Waals surface area contributed by atoms with Gasteiger partial charge in [0.15, 0.2) is 11.5 Å². The average molecular weight is 390 g/mol. The number of nitrogens with zero attached hydrogens (tertiary/aromatic N) is 1. The number of carbonyl (C=O) groups is 2. The quantitative estimate of drug-likeness (QED) is 0.348. The van der Waals surface area contributed by atoms with E-state index in [9.17, 15) is 19.7 Å². The Balaban J connectivity index is 1.75. The number of nitrogens with one attached hydrogen (secondary N) is 1. The van der Waals surface area contributed by atoms with Crippen molar-refractivity contribution in [3.8, 4) is 11.5 Å². The summed E-state index contributed by atoms with van der Waals surface area (Å²) in [7, 11) is 0. The Kier molecular flexibility index (Phi) is 5.36. The highest BCUT2D eigenvalue weighted by Crippen LogP contribution is 2.35. The molecule has 0 radical (unpaired) electrons. The van der Waals surface area contributed by atoms with Gasteiger partial charge in [-0.3, -0.25) is 14.9 Å². The fourth-order valence-electron chi connectivity index (χ4n) is 2.26. The van der Waals surface area contributed by atoms with E-state index in [1.807, 2.05) is 0 Å². The summed E-state index contributed by atoms with van der Waals surface area (Å²) in [6, 6.07) is 6.27. The van der Waals surface area contributed by atoms with Crippen molar-refractivity contribution < 1.29 is 28.7 Å². The van der Waals surface area contributed by atoms with Gasteiger partial charge < -0.3 is 19.5 Å². The molecule has 0 atom stereocenters. The molecule has 1 N–H and O–H groups in total. The molecule has 2 heterocycles. The predicted octanol–water partition coefficient (Wildman–Crippen LogP) is 3.21. The molecule has 1 aliphatic rings. The Morgan fingerprint density at radius 2 is 2.11 bits per heavy atom. The van der Waals surface area contributed by atoms with Crippen LogP contribution in [-0.2, 0) is 9.53 Å². The second-order valence-corrected chi connectivity index (χ2v) is 6.27. The van der Waals surface area contributed by atoms with Crippen LogP contribution < -0.4 is 14.8 Å². The van der Waals surface area contributed by atoms with Crippen LogP contribution in [0.15, 0.2) is 30.3 Å². The van der Waals surface area contributed by atoms with Gasteiger partial charge in [0.2, 0.25) is 12.7 Å². The Labute approximate surface area is 157 Å². The number of amides is 1. The molecule has 1 aromatic heterocycles. The van der Waals surface area contributed by atoms with Crippen molar-refractivity contribution in [1.29, 1.82) is 0 Å². The van der Waals surface area contributed by atoms with Gasteiger partial charge in [-0.25, -0.2) is 4.79 Å². The Hall–Kier alpha value is -3.40. The van der Waals surface area contributed by atoms with E-state index in [1.165, 1.54) is 6.08 Å². The summed E-state index contributed by atoms with van der Waals surface area (Å²) in [4.78, 5) is 34.4. The molecule has 1 aliphatic heterocycles. The third-order valence-corrected chi connectivity index (χ3v) is 4.46. The predicted molar refractivity (Wildman–Crippen MR) is 97.2 cm³/mol. The minimum Gasteiger partial charge on any atom is -0.462 e. The summed E-state index contributed by atoms with van der Waals surface area (Å²) in [5, 5.41) is 13.2. The zero-order valence-corrected chi connectivity index (χ0v) is 14.9. The standard InChI is InChI=1S/C17H14N2O7S/c1-2-24-17(21)11-8-15(19(22)23)27-16(11)18-14(20)6-4-10-3-5-12-13(7-10)26-9-25-12/h3-8H,2,9H2,1H3,(H,18,20). The number of esters is 1. The van der Waals surface area contributed by atoms with Crippen molar-refractivity contribution in [3.63, 3.8) is 0 Å². The first-order chi connectivity index (χ1) is 13.0. The fraction of sp³-hybridized carbons (Fsp3) is 0.176. The lowest BCUT2D eigenvalue weighted by Crippen LogP contribution is -2.11. The van der Waals surface area contributed by atoms with E-state index in [4.69, 9.17) is 14.2 Å². The molecule has 9 nitrogen and oxygen atoms in total. The van der Waals surface area contributed by atoms with E-state index >= 15 is 0 Å². The summed E-state index contributed by atoms with van der Waals surface area (Å²) < 4.78 is 15.3. The number of benzene rings is 1. The van der Waals surface area contributed by atoms with E-state index in [-0.39, 0.29) is 29.0 Å². The molecule has 0 unspecified atom stereocenters. The zero-order valence-electron chi connectivity index (χ0n) is 14.1. The summed E-state index contributed by atoms with van der Waals surface area (Å²) in [6.07, 6.45) is 2.79. The molecule has 1 aromatic carbocycles. The maximum atomic E-state index is 12.2. The van der Waals surface area contributed by atoms with Crippen LogP contribution in [0, 0.1) is 10.1 Å². The third kappa shape index (κ3) is 4.23. The first kappa shape index (κ1) is 18.4. The number of thiophene rings is 1. The van der Waals surface area contributed by atoms with Gasteiger partial charge in [0.25, 0.3) is 0 Å². The van der Waals surface area contributed by atoms with Crippen molar-refractivity contribution >= 4 is 39.3 Å². The Morgan fingerprint density at radius 1 is 1.33 bits per heavy atom. The number of nitro groups is 1. The molecule has 1 amide bonds. The van der Waals surface area contributed by atoms with Gasteiger partial charge in [0.05, 0.1) is 11.5 Å². The molecule has 140 valence electrons. The van der Waals surface area contributed by atoms with E-state index in [0.29, 0.717) is 28.4 Å². The summed E-state index contributed by atoms with van der Waals surface area (Å²) in [6.45, 7) is 1.88. The summed E-state index contributed by atoms with van der Waals surface area (Å²) in [5.41, 5.74) is 0.649. The van der Waals surface area contributed by atoms with Crippen LogP contribution in [0.5, 0.6) is 11.5 Å². The molecule has 0 bridgehead atoms. The summed E-state index contributed by atoms with van der Waals surface area (Å²) >= 11 is 0.686. The maximum absolute atomic E-state index is 12.2. The first-order valence-electron chi connectivity index (χ1n) is 7.82. The van der Waals surface area contributed by atoms with Gasteiger partial charge in [-0.1, -0.05) is 6.07 Å². The van der Waals surface area contributed by atoms with E-state index in [2.05, 4.69) is 5.32 Å². The fourth-order valence-corrected chi connectivity index (χ4v) is 3.13. The van der Waals surface area contributed by atoms with Crippen LogP contribution in [0.3, 0.4) is 0 Å². The largest absolute Gasteiger partial charge is 0.462 e. The first-order valence-corrected chi connectivity index (χ1v) is 8.63. The van der Waals surface area contributed by atoms with Crippen molar-refractivity contribution in [1.82, 2.24) is 0 Å². The second kappa shape index (κ2) is 7.87. The number of rotatable bonds is 6. The number of hydrogen-bond acceptors (Lipinski definition) is 8. The normalized spacial score (nSPS) is 12.2. The molecule has 2 aromatic rings. The molecule has 27 heavy (non-hydrogen) atoms. The molecule has 0 fully saturated rings. The van der Waals surface area contributed by atoms with Crippen molar-refractivity contribution in [2.24, 2.45) is 0 Å². The van der Waals surface area contributed by atoms with Crippen molar-refractivity contribution in [3.05, 3.63) is 51.6 Å². The molecular weight excluding hydrogens is 376 g/mol. The molecule has 0 aliphatic carbocycles. The van der Waals surface area contributed by atoms with Gasteiger partial charge >= 0.3 is 11.0 Å². The highest BCUT2D eigenvalue weighted by Gasteiger charge is 2.23. The lowest BCUT2D eigenvalue weighted by Gasteiger charge is -2.03. The average Bonchev–Trinajstić information content (AvgIpc) is 3.26. The number of anilines is 1. The summed E-state index contributed by atoms with van der Waals surface area (Å²) in [5.74, 6) is -0.0792. The van der Waals surface area contributed by atoms with Crippen molar-refractivity contribution in [2.75, 3.05) is 18.7 Å². The van der Waals surface area contributed by atoms with E-state index < -0.39 is 16.8 Å². The van der Waals surface area contributed by atoms with Crippen LogP contribution in [-0.4, -0.2) is 30.2 Å². The monoisotopic (exact) mass is 390 g/mol. The molecule has 10 heteroatoms. The Bertz CT molecular complexity index is 935. The second-order valence-electron chi connectivity index (χ2n) is 5.24. The smallest absolute Gasteiger partial charge is 0.341 e. The number of ether oxygens (including phenoxy) is 3. The highest BCUT2D eigenvalue weighted by molar-refractivity contribution is 7.19. The van der Waals surface area contributed by atoms with Crippen LogP contribution >= 0.6 is 11.3 Å². The van der Waals surface area contributed by atoms with Gasteiger partial charge in [-0.05, 0) is 42.0 Å². The van der Waals surface area contributed by atoms with Crippen LogP contribution in [0.4, 0.5) is 10.0 Å². The number of fused-ring (bicyclic) bond motifs is 1. The molecule has 0 saturated carbocycles. The van der Waals surface area contributed by atoms with Crippen LogP contribution in [0.25, 0.3) is 6.08 Å². The SMILES string of the molecule is CCOC(=O)c1cc([N+](=O)[O-])sc1NC(=O)C=Cc1ccc2c(c1)OCO2. The van der Waals surface area contributed by atoms with Gasteiger partial charge in [0, 0.05) is 12.1 Å². The maximum Gasteiger partial charge on any atom is 0.341 e. The lowest BCUT2D eigenvalue weighted by atomic mass is 10.2. The molecular formula is C17H14N2O7S. The van der Waals surface area contributed by atoms with Gasteiger partial charge in [0.1, 0.15) is 10.6 Å². The third-order valence-electron chi connectivity index (χ3n) is 3.45. The molecule has 0 spiro atoms. The minimum atomic E-state index is -0.739. The molecule has 0 saturated heterocycles.